The minimum Gasteiger partial charge on any atom is -0.311 e. The summed E-state index contributed by atoms with van der Waals surface area (Å²) in [7, 11) is 0. The third-order valence-electron chi connectivity index (χ3n) is 7.58. The van der Waals surface area contributed by atoms with Crippen LogP contribution in [0.3, 0.4) is 0 Å². The number of nitrogens with one attached hydrogen (secondary N) is 1. The van der Waals surface area contributed by atoms with Gasteiger partial charge in [0.25, 0.3) is 0 Å². The minimum atomic E-state index is 0.686. The monoisotopic (exact) mass is 275 g/mol. The molecule has 0 heterocycles. The Bertz CT molecular complexity index is 325. The van der Waals surface area contributed by atoms with Crippen LogP contribution in [0, 0.1) is 29.1 Å². The van der Waals surface area contributed by atoms with Crippen LogP contribution >= 0.6 is 0 Å². The first kappa shape index (κ1) is 13.6. The average Bonchev–Trinajstić information content (AvgIpc) is 2.40. The number of hydrogen-bond donors (Lipinski definition) is 1. The summed E-state index contributed by atoms with van der Waals surface area (Å²) in [5, 5.41) is 4.13. The maximum Gasteiger partial charge on any atom is 0.00981 e. The van der Waals surface area contributed by atoms with Gasteiger partial charge in [0.05, 0.1) is 0 Å². The maximum atomic E-state index is 4.13. The third kappa shape index (κ3) is 2.25. The van der Waals surface area contributed by atoms with Gasteiger partial charge in [0.15, 0.2) is 0 Å². The zero-order valence-electron chi connectivity index (χ0n) is 13.5. The molecule has 0 radical (unpaired) electrons. The molecule has 0 aromatic carbocycles. The van der Waals surface area contributed by atoms with E-state index in [1.807, 2.05) is 0 Å². The predicted molar refractivity (Wildman–Crippen MR) is 84.6 cm³/mol. The van der Waals surface area contributed by atoms with E-state index in [-0.39, 0.29) is 0 Å². The normalized spacial score (nSPS) is 52.2. The molecule has 0 aromatic heterocycles. The van der Waals surface area contributed by atoms with Crippen molar-refractivity contribution in [3.63, 3.8) is 0 Å². The van der Waals surface area contributed by atoms with Crippen LogP contribution in [-0.2, 0) is 0 Å². The molecule has 0 spiro atoms. The lowest BCUT2D eigenvalue weighted by atomic mass is 9.48. The molecule has 5 fully saturated rings. The van der Waals surface area contributed by atoms with Crippen molar-refractivity contribution in [2.75, 3.05) is 0 Å². The summed E-state index contributed by atoms with van der Waals surface area (Å²) in [6, 6.07) is 1.58. The van der Waals surface area contributed by atoms with Gasteiger partial charge in [0.1, 0.15) is 0 Å². The number of hydrogen-bond acceptors (Lipinski definition) is 1. The van der Waals surface area contributed by atoms with Gasteiger partial charge < -0.3 is 5.32 Å². The first-order chi connectivity index (χ1) is 9.64. The van der Waals surface area contributed by atoms with Gasteiger partial charge in [0.2, 0.25) is 0 Å². The Hall–Kier alpha value is -0.0400. The molecule has 1 nitrogen and oxygen atoms in total. The second-order valence-electron chi connectivity index (χ2n) is 9.04. The molecule has 3 unspecified atom stereocenters. The molecule has 20 heavy (non-hydrogen) atoms. The molecule has 0 amide bonds. The van der Waals surface area contributed by atoms with Gasteiger partial charge >= 0.3 is 0 Å². The molecule has 1 N–H and O–H groups in total. The van der Waals surface area contributed by atoms with E-state index >= 15 is 0 Å². The van der Waals surface area contributed by atoms with Crippen molar-refractivity contribution in [2.45, 2.75) is 90.1 Å². The van der Waals surface area contributed by atoms with Crippen molar-refractivity contribution in [1.82, 2.24) is 5.32 Å². The third-order valence-corrected chi connectivity index (χ3v) is 7.58. The van der Waals surface area contributed by atoms with E-state index in [1.54, 1.807) is 38.5 Å². The molecular formula is C19H33N. The van der Waals surface area contributed by atoms with Gasteiger partial charge in [-0.25, -0.2) is 0 Å². The lowest BCUT2D eigenvalue weighted by Gasteiger charge is -2.59. The zero-order valence-corrected chi connectivity index (χ0v) is 13.5. The van der Waals surface area contributed by atoms with E-state index in [9.17, 15) is 0 Å². The lowest BCUT2D eigenvalue weighted by Crippen LogP contribution is -2.57. The van der Waals surface area contributed by atoms with E-state index in [2.05, 4.69) is 19.2 Å². The zero-order chi connectivity index (χ0) is 13.7. The van der Waals surface area contributed by atoms with Gasteiger partial charge in [-0.3, -0.25) is 0 Å². The van der Waals surface area contributed by atoms with Gasteiger partial charge in [-0.05, 0) is 87.4 Å². The van der Waals surface area contributed by atoms with Gasteiger partial charge in [-0.1, -0.05) is 19.8 Å². The first-order valence-corrected chi connectivity index (χ1v) is 9.41. The molecule has 5 saturated carbocycles. The Morgan fingerprint density at radius 3 is 2.00 bits per heavy atom. The highest BCUT2D eigenvalue weighted by Gasteiger charge is 2.53. The van der Waals surface area contributed by atoms with E-state index in [4.69, 9.17) is 0 Å². The molecule has 0 saturated heterocycles. The fourth-order valence-electron chi connectivity index (χ4n) is 6.77. The Morgan fingerprint density at radius 1 is 0.900 bits per heavy atom. The van der Waals surface area contributed by atoms with E-state index in [0.717, 1.165) is 35.8 Å². The first-order valence-electron chi connectivity index (χ1n) is 9.41. The molecule has 5 rings (SSSR count). The Balaban J connectivity index is 1.46. The summed E-state index contributed by atoms with van der Waals surface area (Å²) < 4.78 is 0. The summed E-state index contributed by atoms with van der Waals surface area (Å²) in [6.07, 6.45) is 15.2. The van der Waals surface area contributed by atoms with Crippen molar-refractivity contribution >= 4 is 0 Å². The Morgan fingerprint density at radius 2 is 1.45 bits per heavy atom. The van der Waals surface area contributed by atoms with Crippen LogP contribution in [0.15, 0.2) is 0 Å². The van der Waals surface area contributed by atoms with E-state index < -0.39 is 0 Å². The standard InChI is InChI=1S/C19H33N/c1-13-5-3-4-6-18(13)20-14(2)19-10-15-7-16(11-19)9-17(8-15)12-19/h13-18,20H,3-12H2,1-2H3. The predicted octanol–water partition coefficient (Wildman–Crippen LogP) is 4.76. The average molecular weight is 275 g/mol. The highest BCUT2D eigenvalue weighted by atomic mass is 15.0. The fraction of sp³-hybridized carbons (Fsp3) is 1.00. The topological polar surface area (TPSA) is 12.0 Å². The van der Waals surface area contributed by atoms with Gasteiger partial charge in [-0.2, -0.15) is 0 Å². The van der Waals surface area contributed by atoms with Crippen molar-refractivity contribution in [1.29, 1.82) is 0 Å². The fourth-order valence-corrected chi connectivity index (χ4v) is 6.77. The van der Waals surface area contributed by atoms with Crippen LogP contribution in [-0.4, -0.2) is 12.1 Å². The second-order valence-corrected chi connectivity index (χ2v) is 9.04. The molecule has 3 atom stereocenters. The van der Waals surface area contributed by atoms with Crippen LogP contribution in [0.25, 0.3) is 0 Å². The van der Waals surface area contributed by atoms with Crippen molar-refractivity contribution in [2.24, 2.45) is 29.1 Å². The van der Waals surface area contributed by atoms with E-state index in [1.165, 1.54) is 25.7 Å². The smallest absolute Gasteiger partial charge is 0.00981 e. The van der Waals surface area contributed by atoms with E-state index in [0.29, 0.717) is 5.41 Å². The highest BCUT2D eigenvalue weighted by Crippen LogP contribution is 2.61. The summed E-state index contributed by atoms with van der Waals surface area (Å²) >= 11 is 0. The van der Waals surface area contributed by atoms with Crippen LogP contribution in [0.5, 0.6) is 0 Å². The summed E-state index contributed by atoms with van der Waals surface area (Å²) in [5.74, 6) is 4.18. The van der Waals surface area contributed by atoms with Crippen LogP contribution in [0.1, 0.15) is 78.1 Å². The molecule has 0 aromatic rings. The summed E-state index contributed by atoms with van der Waals surface area (Å²) in [6.45, 7) is 5.01. The molecule has 114 valence electrons. The second kappa shape index (κ2) is 5.00. The molecular weight excluding hydrogens is 242 g/mol. The van der Waals surface area contributed by atoms with Crippen molar-refractivity contribution in [3.8, 4) is 0 Å². The largest absolute Gasteiger partial charge is 0.311 e. The summed E-state index contributed by atoms with van der Waals surface area (Å²) in [5.41, 5.74) is 0.686. The quantitative estimate of drug-likeness (QED) is 0.783. The van der Waals surface area contributed by atoms with Gasteiger partial charge in [0, 0.05) is 12.1 Å². The molecule has 1 heteroatoms. The Kier molecular flexibility index (Phi) is 3.41. The van der Waals surface area contributed by atoms with Crippen LogP contribution in [0.4, 0.5) is 0 Å². The van der Waals surface area contributed by atoms with Crippen LogP contribution < -0.4 is 5.32 Å². The molecule has 5 aliphatic rings. The lowest BCUT2D eigenvalue weighted by molar-refractivity contribution is -0.0737. The summed E-state index contributed by atoms with van der Waals surface area (Å²) in [4.78, 5) is 0. The van der Waals surface area contributed by atoms with Crippen LogP contribution in [0.2, 0.25) is 0 Å². The number of rotatable bonds is 3. The van der Waals surface area contributed by atoms with Gasteiger partial charge in [-0.15, -0.1) is 0 Å². The SMILES string of the molecule is CC1CCCCC1NC(C)C12CC3CC(CC(C3)C1)C2. The molecule has 5 aliphatic carbocycles. The van der Waals surface area contributed by atoms with Crippen molar-refractivity contribution < 1.29 is 0 Å². The highest BCUT2D eigenvalue weighted by molar-refractivity contribution is 5.05. The molecule has 4 bridgehead atoms. The maximum absolute atomic E-state index is 4.13. The minimum absolute atomic E-state index is 0.686. The molecule has 0 aliphatic heterocycles. The van der Waals surface area contributed by atoms with Crippen molar-refractivity contribution in [3.05, 3.63) is 0 Å². The Labute approximate surface area is 125 Å².